The van der Waals surface area contributed by atoms with Crippen LogP contribution in [0.3, 0.4) is 0 Å². The van der Waals surface area contributed by atoms with Gasteiger partial charge < -0.3 is 25.2 Å². The second kappa shape index (κ2) is 4.98. The van der Waals surface area contributed by atoms with Crippen molar-refractivity contribution in [3.8, 4) is 0 Å². The van der Waals surface area contributed by atoms with Crippen molar-refractivity contribution in [2.75, 3.05) is 13.2 Å². The van der Waals surface area contributed by atoms with Gasteiger partial charge in [0, 0.05) is 5.92 Å². The van der Waals surface area contributed by atoms with Crippen LogP contribution in [0.5, 0.6) is 0 Å². The Hall–Kier alpha value is -0.200. The summed E-state index contributed by atoms with van der Waals surface area (Å²) in [5, 5.41) is 38.2. The van der Waals surface area contributed by atoms with Gasteiger partial charge in [0.1, 0.15) is 12.2 Å². The lowest BCUT2D eigenvalue weighted by atomic mass is 9.72. The summed E-state index contributed by atoms with van der Waals surface area (Å²) in [6.07, 6.45) is -2.96. The molecule has 0 aromatic heterocycles. The number of rotatable bonds is 3. The fraction of sp³-hybridized carbons (Fsp3) is 1.00. The van der Waals surface area contributed by atoms with Gasteiger partial charge in [0.15, 0.2) is 0 Å². The molecule has 0 aliphatic carbocycles. The highest BCUT2D eigenvalue weighted by Gasteiger charge is 2.51. The van der Waals surface area contributed by atoms with Crippen LogP contribution in [0.15, 0.2) is 0 Å². The lowest BCUT2D eigenvalue weighted by Gasteiger charge is -2.50. The highest BCUT2D eigenvalue weighted by molar-refractivity contribution is 4.99. The Morgan fingerprint density at radius 1 is 1.19 bits per heavy atom. The van der Waals surface area contributed by atoms with Crippen molar-refractivity contribution in [1.82, 2.24) is 0 Å². The maximum atomic E-state index is 10.0. The Morgan fingerprint density at radius 3 is 2.12 bits per heavy atom. The first-order chi connectivity index (χ1) is 7.37. The van der Waals surface area contributed by atoms with E-state index in [9.17, 15) is 15.3 Å². The second-order valence-electron chi connectivity index (χ2n) is 5.06. The molecular weight excluding hydrogens is 212 g/mol. The quantitative estimate of drug-likeness (QED) is 0.509. The van der Waals surface area contributed by atoms with Crippen LogP contribution in [0.1, 0.15) is 20.8 Å². The molecule has 0 amide bonds. The first-order valence-electron chi connectivity index (χ1n) is 5.63. The molecule has 5 nitrogen and oxygen atoms in total. The fourth-order valence-corrected chi connectivity index (χ4v) is 2.68. The Kier molecular flexibility index (Phi) is 4.31. The molecule has 5 unspecified atom stereocenters. The van der Waals surface area contributed by atoms with E-state index in [4.69, 9.17) is 9.84 Å². The van der Waals surface area contributed by atoms with Crippen LogP contribution in [-0.4, -0.2) is 57.6 Å². The zero-order valence-corrected chi connectivity index (χ0v) is 10.00. The molecule has 5 atom stereocenters. The van der Waals surface area contributed by atoms with Crippen molar-refractivity contribution in [2.45, 2.75) is 44.7 Å². The Morgan fingerprint density at radius 2 is 1.75 bits per heavy atom. The summed E-state index contributed by atoms with van der Waals surface area (Å²) in [5.74, 6) is -0.309. The van der Waals surface area contributed by atoms with Gasteiger partial charge in [-0.2, -0.15) is 0 Å². The number of aliphatic hydroxyl groups excluding tert-OH is 4. The summed E-state index contributed by atoms with van der Waals surface area (Å²) in [6, 6.07) is 0. The average molecular weight is 234 g/mol. The predicted molar refractivity (Wildman–Crippen MR) is 57.8 cm³/mol. The molecule has 0 aromatic rings. The first-order valence-corrected chi connectivity index (χ1v) is 5.63. The summed E-state index contributed by atoms with van der Waals surface area (Å²) < 4.78 is 5.52. The van der Waals surface area contributed by atoms with Gasteiger partial charge >= 0.3 is 0 Å². The lowest BCUT2D eigenvalue weighted by Crippen LogP contribution is -2.63. The normalized spacial score (nSPS) is 45.0. The Balaban J connectivity index is 2.98. The van der Waals surface area contributed by atoms with E-state index in [1.54, 1.807) is 6.92 Å². The number of hydrogen-bond acceptors (Lipinski definition) is 5. The molecule has 0 radical (unpaired) electrons. The van der Waals surface area contributed by atoms with Crippen molar-refractivity contribution < 1.29 is 25.2 Å². The molecule has 1 aliphatic rings. The smallest absolute Gasteiger partial charge is 0.110 e. The van der Waals surface area contributed by atoms with E-state index in [0.29, 0.717) is 0 Å². The van der Waals surface area contributed by atoms with Crippen LogP contribution in [0.2, 0.25) is 0 Å². The molecule has 1 fully saturated rings. The Labute approximate surface area is 95.7 Å². The van der Waals surface area contributed by atoms with Crippen LogP contribution in [0.4, 0.5) is 0 Å². The zero-order valence-electron chi connectivity index (χ0n) is 10.00. The molecule has 0 saturated carbocycles. The van der Waals surface area contributed by atoms with Gasteiger partial charge in [-0.1, -0.05) is 13.8 Å². The van der Waals surface area contributed by atoms with Crippen molar-refractivity contribution in [2.24, 2.45) is 11.8 Å². The molecule has 0 spiro atoms. The third-order valence-electron chi connectivity index (χ3n) is 3.44. The monoisotopic (exact) mass is 234 g/mol. The summed E-state index contributed by atoms with van der Waals surface area (Å²) in [4.78, 5) is 0. The molecule has 4 N–H and O–H groups in total. The molecule has 16 heavy (non-hydrogen) atoms. The van der Waals surface area contributed by atoms with Crippen LogP contribution in [0.25, 0.3) is 0 Å². The summed E-state index contributed by atoms with van der Waals surface area (Å²) >= 11 is 0. The van der Waals surface area contributed by atoms with Crippen molar-refractivity contribution >= 4 is 0 Å². The molecular formula is C11H22O5. The SMILES string of the molecule is CC(C)C1C(O)C(O)C(CO)OC1(C)CO. The van der Waals surface area contributed by atoms with Gasteiger partial charge in [0.2, 0.25) is 0 Å². The van der Waals surface area contributed by atoms with Gasteiger partial charge in [-0.25, -0.2) is 0 Å². The molecule has 0 aromatic carbocycles. The van der Waals surface area contributed by atoms with Crippen LogP contribution in [0, 0.1) is 11.8 Å². The number of aliphatic hydroxyl groups is 4. The van der Waals surface area contributed by atoms with E-state index in [1.807, 2.05) is 13.8 Å². The van der Waals surface area contributed by atoms with Gasteiger partial charge in [0.05, 0.1) is 24.9 Å². The minimum absolute atomic E-state index is 0.0569. The topological polar surface area (TPSA) is 90.2 Å². The minimum Gasteiger partial charge on any atom is -0.394 e. The van der Waals surface area contributed by atoms with Crippen LogP contribution < -0.4 is 0 Å². The van der Waals surface area contributed by atoms with Crippen molar-refractivity contribution in [3.05, 3.63) is 0 Å². The lowest BCUT2D eigenvalue weighted by molar-refractivity contribution is -0.266. The van der Waals surface area contributed by atoms with E-state index in [2.05, 4.69) is 0 Å². The third kappa shape index (κ3) is 2.24. The number of hydrogen-bond donors (Lipinski definition) is 4. The number of ether oxygens (including phenoxy) is 1. The maximum Gasteiger partial charge on any atom is 0.110 e. The van der Waals surface area contributed by atoms with Gasteiger partial charge in [-0.05, 0) is 12.8 Å². The summed E-state index contributed by atoms with van der Waals surface area (Å²) in [5.41, 5.74) is -0.930. The Bertz CT molecular complexity index is 232. The van der Waals surface area contributed by atoms with Gasteiger partial charge in [-0.3, -0.25) is 0 Å². The maximum absolute atomic E-state index is 10.0. The second-order valence-corrected chi connectivity index (χ2v) is 5.06. The fourth-order valence-electron chi connectivity index (χ4n) is 2.68. The molecule has 1 heterocycles. The molecule has 96 valence electrons. The van der Waals surface area contributed by atoms with Crippen LogP contribution in [-0.2, 0) is 4.74 Å². The summed E-state index contributed by atoms with van der Waals surface area (Å²) in [6.45, 7) is 4.86. The predicted octanol–water partition coefficient (Wildman–Crippen LogP) is -0.877. The third-order valence-corrected chi connectivity index (χ3v) is 3.44. The van der Waals surface area contributed by atoms with Crippen LogP contribution >= 0.6 is 0 Å². The van der Waals surface area contributed by atoms with Gasteiger partial charge in [-0.15, -0.1) is 0 Å². The molecule has 5 heteroatoms. The molecule has 1 rings (SSSR count). The van der Waals surface area contributed by atoms with Gasteiger partial charge in [0.25, 0.3) is 0 Å². The van der Waals surface area contributed by atoms with E-state index in [1.165, 1.54) is 0 Å². The van der Waals surface area contributed by atoms with E-state index in [0.717, 1.165) is 0 Å². The molecule has 1 aliphatic heterocycles. The van der Waals surface area contributed by atoms with Crippen molar-refractivity contribution in [3.63, 3.8) is 0 Å². The van der Waals surface area contributed by atoms with E-state index < -0.39 is 23.9 Å². The first kappa shape index (κ1) is 13.9. The highest BCUT2D eigenvalue weighted by atomic mass is 16.5. The standard InChI is InChI=1S/C11H22O5/c1-6(2)8-10(15)9(14)7(4-12)16-11(8,3)5-13/h6-10,12-15H,4-5H2,1-3H3. The van der Waals surface area contributed by atoms with Crippen molar-refractivity contribution in [1.29, 1.82) is 0 Å². The average Bonchev–Trinajstić information content (AvgIpc) is 2.23. The minimum atomic E-state index is -1.11. The molecule has 1 saturated heterocycles. The highest BCUT2D eigenvalue weighted by Crippen LogP contribution is 2.38. The zero-order chi connectivity index (χ0) is 12.5. The van der Waals surface area contributed by atoms with E-state index >= 15 is 0 Å². The van der Waals surface area contributed by atoms with E-state index in [-0.39, 0.29) is 25.0 Å². The molecule has 0 bridgehead atoms. The summed E-state index contributed by atoms with van der Waals surface area (Å²) in [7, 11) is 0. The largest absolute Gasteiger partial charge is 0.394 e.